The molecule has 0 aliphatic carbocycles. The zero-order valence-electron chi connectivity index (χ0n) is 15.3. The largest absolute Gasteiger partial charge is 0.460 e. The standard InChI is InChI=1S/C20H15F3N4O2/c1-2-29-19(28)18-25-16-11-24-17(12-6-4-3-5-7-12)14-10-13(20(21,22)23)8-9-15(14)27(16)26-18/h3-10H,2,11H2,1H3. The molecule has 148 valence electrons. The summed E-state index contributed by atoms with van der Waals surface area (Å²) < 4.78 is 46.3. The number of halogens is 3. The molecule has 4 rings (SSSR count). The summed E-state index contributed by atoms with van der Waals surface area (Å²) in [7, 11) is 0. The van der Waals surface area contributed by atoms with Gasteiger partial charge in [0, 0.05) is 11.1 Å². The number of fused-ring (bicyclic) bond motifs is 3. The molecule has 0 unspecified atom stereocenters. The predicted octanol–water partition coefficient (Wildman–Crippen LogP) is 3.81. The molecule has 3 aromatic rings. The van der Waals surface area contributed by atoms with Crippen molar-refractivity contribution in [2.75, 3.05) is 6.61 Å². The maximum Gasteiger partial charge on any atom is 0.416 e. The number of hydrogen-bond donors (Lipinski definition) is 0. The van der Waals surface area contributed by atoms with E-state index in [1.54, 1.807) is 31.2 Å². The maximum atomic E-state index is 13.3. The van der Waals surface area contributed by atoms with Crippen molar-refractivity contribution in [2.24, 2.45) is 4.99 Å². The van der Waals surface area contributed by atoms with Crippen molar-refractivity contribution in [1.82, 2.24) is 14.8 Å². The van der Waals surface area contributed by atoms with Crippen molar-refractivity contribution in [3.8, 4) is 5.69 Å². The maximum absolute atomic E-state index is 13.3. The molecule has 0 fully saturated rings. The summed E-state index contributed by atoms with van der Waals surface area (Å²) in [5.74, 6) is -0.528. The summed E-state index contributed by atoms with van der Waals surface area (Å²) in [6.45, 7) is 1.86. The number of esters is 1. The van der Waals surface area contributed by atoms with Crippen LogP contribution >= 0.6 is 0 Å². The van der Waals surface area contributed by atoms with E-state index in [1.165, 1.54) is 10.7 Å². The molecular formula is C20H15F3N4O2. The molecule has 0 saturated heterocycles. The Bertz CT molecular complexity index is 1100. The van der Waals surface area contributed by atoms with Crippen LogP contribution in [0.15, 0.2) is 53.5 Å². The Morgan fingerprint density at radius 3 is 2.62 bits per heavy atom. The molecule has 0 N–H and O–H groups in total. The van der Waals surface area contributed by atoms with E-state index < -0.39 is 17.7 Å². The van der Waals surface area contributed by atoms with Gasteiger partial charge in [-0.05, 0) is 25.1 Å². The van der Waals surface area contributed by atoms with Crippen LogP contribution in [0.4, 0.5) is 13.2 Å². The van der Waals surface area contributed by atoms with Gasteiger partial charge in [-0.3, -0.25) is 4.99 Å². The Morgan fingerprint density at radius 2 is 1.93 bits per heavy atom. The van der Waals surface area contributed by atoms with Gasteiger partial charge in [0.2, 0.25) is 0 Å². The fourth-order valence-electron chi connectivity index (χ4n) is 3.09. The first-order valence-corrected chi connectivity index (χ1v) is 8.83. The quantitative estimate of drug-likeness (QED) is 0.627. The Kier molecular flexibility index (Phi) is 4.65. The molecule has 2 heterocycles. The van der Waals surface area contributed by atoms with Crippen LogP contribution in [0.25, 0.3) is 5.69 Å². The summed E-state index contributed by atoms with van der Waals surface area (Å²) in [5, 5.41) is 4.17. The van der Waals surface area contributed by atoms with E-state index in [1.807, 2.05) is 6.07 Å². The summed E-state index contributed by atoms with van der Waals surface area (Å²) in [6, 6.07) is 12.3. The number of benzene rings is 2. The van der Waals surface area contributed by atoms with Gasteiger partial charge in [-0.15, -0.1) is 5.10 Å². The van der Waals surface area contributed by atoms with Crippen molar-refractivity contribution in [3.63, 3.8) is 0 Å². The van der Waals surface area contributed by atoms with Crippen molar-refractivity contribution in [2.45, 2.75) is 19.6 Å². The molecule has 0 amide bonds. The summed E-state index contributed by atoms with van der Waals surface area (Å²) >= 11 is 0. The second kappa shape index (κ2) is 7.16. The molecule has 0 saturated carbocycles. The number of rotatable bonds is 3. The van der Waals surface area contributed by atoms with Crippen molar-refractivity contribution in [1.29, 1.82) is 0 Å². The second-order valence-electron chi connectivity index (χ2n) is 6.24. The first kappa shape index (κ1) is 18.9. The van der Waals surface area contributed by atoms with Gasteiger partial charge in [-0.25, -0.2) is 14.5 Å². The van der Waals surface area contributed by atoms with E-state index in [0.29, 0.717) is 22.8 Å². The first-order valence-electron chi connectivity index (χ1n) is 8.83. The first-order chi connectivity index (χ1) is 13.9. The lowest BCUT2D eigenvalue weighted by molar-refractivity contribution is -0.137. The Hall–Kier alpha value is -3.49. The minimum absolute atomic E-state index is 0.0483. The lowest BCUT2D eigenvalue weighted by Crippen LogP contribution is -2.13. The van der Waals surface area contributed by atoms with Crippen molar-refractivity contribution < 1.29 is 22.7 Å². The van der Waals surface area contributed by atoms with Crippen LogP contribution in [-0.2, 0) is 17.5 Å². The molecule has 0 atom stereocenters. The molecule has 1 aliphatic heterocycles. The van der Waals surface area contributed by atoms with Gasteiger partial charge < -0.3 is 4.74 Å². The fraction of sp³-hybridized carbons (Fsp3) is 0.200. The van der Waals surface area contributed by atoms with Crippen molar-refractivity contribution in [3.05, 3.63) is 76.9 Å². The highest BCUT2D eigenvalue weighted by Gasteiger charge is 2.33. The van der Waals surface area contributed by atoms with E-state index >= 15 is 0 Å². The highest BCUT2D eigenvalue weighted by molar-refractivity contribution is 6.15. The Morgan fingerprint density at radius 1 is 1.17 bits per heavy atom. The van der Waals surface area contributed by atoms with E-state index in [2.05, 4.69) is 15.1 Å². The molecule has 1 aliphatic rings. The molecule has 29 heavy (non-hydrogen) atoms. The molecule has 0 radical (unpaired) electrons. The molecule has 9 heteroatoms. The summed E-state index contributed by atoms with van der Waals surface area (Å²) in [6.07, 6.45) is -4.51. The van der Waals surface area contributed by atoms with Crippen molar-refractivity contribution >= 4 is 11.7 Å². The third-order valence-corrected chi connectivity index (χ3v) is 4.37. The highest BCUT2D eigenvalue weighted by atomic mass is 19.4. The average molecular weight is 400 g/mol. The van der Waals surface area contributed by atoms with Gasteiger partial charge in [0.1, 0.15) is 0 Å². The smallest absolute Gasteiger partial charge is 0.416 e. The summed E-state index contributed by atoms with van der Waals surface area (Å²) in [5.41, 5.74) is 0.886. The normalized spacial score (nSPS) is 13.2. The van der Waals surface area contributed by atoms with Crippen LogP contribution in [0, 0.1) is 0 Å². The minimum atomic E-state index is -4.51. The van der Waals surface area contributed by atoms with Gasteiger partial charge in [0.05, 0.1) is 30.1 Å². The predicted molar refractivity (Wildman–Crippen MR) is 98.1 cm³/mol. The van der Waals surface area contributed by atoms with Crippen LogP contribution < -0.4 is 0 Å². The van der Waals surface area contributed by atoms with Gasteiger partial charge >= 0.3 is 12.1 Å². The number of carbonyl (C=O) groups is 1. The van der Waals surface area contributed by atoms with Crippen LogP contribution in [0.1, 0.15) is 40.1 Å². The lowest BCUT2D eigenvalue weighted by Gasteiger charge is -2.14. The number of nitrogens with zero attached hydrogens (tertiary/aromatic N) is 4. The zero-order valence-corrected chi connectivity index (χ0v) is 15.3. The van der Waals surface area contributed by atoms with Gasteiger partial charge in [-0.1, -0.05) is 30.3 Å². The Labute approximate surface area is 163 Å². The molecule has 0 bridgehead atoms. The molecule has 1 aromatic heterocycles. The van der Waals surface area contributed by atoms with E-state index in [-0.39, 0.29) is 24.5 Å². The van der Waals surface area contributed by atoms with Crippen LogP contribution in [-0.4, -0.2) is 33.1 Å². The van der Waals surface area contributed by atoms with E-state index in [4.69, 9.17) is 4.74 Å². The SMILES string of the molecule is CCOC(=O)c1nc2n(n1)-c1ccc(C(F)(F)F)cc1C(c1ccccc1)=NC2. The lowest BCUT2D eigenvalue weighted by atomic mass is 9.98. The average Bonchev–Trinajstić information content (AvgIpc) is 3.06. The topological polar surface area (TPSA) is 69.4 Å². The number of aromatic nitrogens is 3. The molecule has 0 spiro atoms. The monoisotopic (exact) mass is 400 g/mol. The second-order valence-corrected chi connectivity index (χ2v) is 6.24. The number of ether oxygens (including phenoxy) is 1. The molecule has 6 nitrogen and oxygen atoms in total. The summed E-state index contributed by atoms with van der Waals surface area (Å²) in [4.78, 5) is 20.7. The van der Waals surface area contributed by atoms with Gasteiger partial charge in [-0.2, -0.15) is 13.2 Å². The van der Waals surface area contributed by atoms with E-state index in [0.717, 1.165) is 12.1 Å². The number of carbonyl (C=O) groups excluding carboxylic acids is 1. The third kappa shape index (κ3) is 3.51. The highest BCUT2D eigenvalue weighted by Crippen LogP contribution is 2.33. The molecule has 2 aromatic carbocycles. The van der Waals surface area contributed by atoms with Crippen LogP contribution in [0.5, 0.6) is 0 Å². The Balaban J connectivity index is 1.91. The fourth-order valence-corrected chi connectivity index (χ4v) is 3.09. The van der Waals surface area contributed by atoms with Gasteiger partial charge in [0.25, 0.3) is 5.82 Å². The van der Waals surface area contributed by atoms with Gasteiger partial charge in [0.15, 0.2) is 5.82 Å². The van der Waals surface area contributed by atoms with Crippen LogP contribution in [0.2, 0.25) is 0 Å². The van der Waals surface area contributed by atoms with Crippen LogP contribution in [0.3, 0.4) is 0 Å². The molecular weight excluding hydrogens is 385 g/mol. The zero-order chi connectivity index (χ0) is 20.6. The number of hydrogen-bond acceptors (Lipinski definition) is 5. The van der Waals surface area contributed by atoms with E-state index in [9.17, 15) is 18.0 Å². The third-order valence-electron chi connectivity index (χ3n) is 4.37. The number of aliphatic imine (C=N–C) groups is 1. The number of alkyl halides is 3. The minimum Gasteiger partial charge on any atom is -0.460 e.